The third-order valence-corrected chi connectivity index (χ3v) is 5.45. The average molecular weight is 408 g/mol. The van der Waals surface area contributed by atoms with Crippen molar-refractivity contribution in [2.24, 2.45) is 0 Å². The van der Waals surface area contributed by atoms with E-state index in [1.807, 2.05) is 54.6 Å². The Balaban J connectivity index is 1.56. The normalized spacial score (nSPS) is 18.4. The summed E-state index contributed by atoms with van der Waals surface area (Å²) in [5.41, 5.74) is 1.83. The summed E-state index contributed by atoms with van der Waals surface area (Å²) in [7, 11) is 0. The molecular formula is C24H29N3O3. The Morgan fingerprint density at radius 1 is 0.967 bits per heavy atom. The van der Waals surface area contributed by atoms with Gasteiger partial charge in [0.2, 0.25) is 5.91 Å². The number of imide groups is 1. The molecule has 1 heterocycles. The van der Waals surface area contributed by atoms with Crippen molar-refractivity contribution < 1.29 is 14.4 Å². The fourth-order valence-electron chi connectivity index (χ4n) is 3.69. The second-order valence-corrected chi connectivity index (χ2v) is 7.96. The summed E-state index contributed by atoms with van der Waals surface area (Å²) in [6.45, 7) is 3.56. The molecule has 1 fully saturated rings. The van der Waals surface area contributed by atoms with E-state index in [9.17, 15) is 14.4 Å². The average Bonchev–Trinajstić information content (AvgIpc) is 2.95. The number of amides is 4. The van der Waals surface area contributed by atoms with Gasteiger partial charge in [-0.25, -0.2) is 4.79 Å². The first-order valence-electron chi connectivity index (χ1n) is 10.5. The highest BCUT2D eigenvalue weighted by Gasteiger charge is 2.47. The Morgan fingerprint density at radius 3 is 2.30 bits per heavy atom. The maximum Gasteiger partial charge on any atom is 0.325 e. The zero-order chi connectivity index (χ0) is 21.6. The van der Waals surface area contributed by atoms with Crippen molar-refractivity contribution in [1.82, 2.24) is 10.2 Å². The molecule has 6 nitrogen and oxygen atoms in total. The van der Waals surface area contributed by atoms with Crippen molar-refractivity contribution >= 4 is 23.5 Å². The molecular weight excluding hydrogens is 378 g/mol. The van der Waals surface area contributed by atoms with Crippen LogP contribution in [0.15, 0.2) is 54.6 Å². The number of hydrogen-bond acceptors (Lipinski definition) is 3. The monoisotopic (exact) mass is 407 g/mol. The van der Waals surface area contributed by atoms with Crippen LogP contribution in [0.3, 0.4) is 0 Å². The molecule has 2 aromatic carbocycles. The molecule has 0 aromatic heterocycles. The molecule has 0 spiro atoms. The molecule has 1 aliphatic heterocycles. The Morgan fingerprint density at radius 2 is 1.63 bits per heavy atom. The highest BCUT2D eigenvalue weighted by atomic mass is 16.2. The number of benzene rings is 2. The lowest BCUT2D eigenvalue weighted by atomic mass is 9.94. The lowest BCUT2D eigenvalue weighted by molar-refractivity contribution is -0.133. The van der Waals surface area contributed by atoms with E-state index < -0.39 is 17.5 Å². The van der Waals surface area contributed by atoms with Crippen LogP contribution < -0.4 is 10.6 Å². The summed E-state index contributed by atoms with van der Waals surface area (Å²) in [6.07, 6.45) is 4.68. The first-order valence-corrected chi connectivity index (χ1v) is 10.5. The summed E-state index contributed by atoms with van der Waals surface area (Å²) in [4.78, 5) is 38.5. The van der Waals surface area contributed by atoms with Crippen LogP contribution in [-0.4, -0.2) is 34.8 Å². The molecule has 158 valence electrons. The van der Waals surface area contributed by atoms with Crippen molar-refractivity contribution in [2.45, 2.75) is 51.5 Å². The zero-order valence-corrected chi connectivity index (χ0v) is 17.6. The summed E-state index contributed by atoms with van der Waals surface area (Å²) < 4.78 is 0. The van der Waals surface area contributed by atoms with E-state index >= 15 is 0 Å². The van der Waals surface area contributed by atoms with Crippen molar-refractivity contribution in [3.63, 3.8) is 0 Å². The maximum atomic E-state index is 12.8. The Hall–Kier alpha value is -3.15. The Labute approximate surface area is 177 Å². The molecule has 4 amide bonds. The molecule has 1 aliphatic rings. The number of hydrogen-bond donors (Lipinski definition) is 2. The molecule has 2 N–H and O–H groups in total. The molecule has 6 heteroatoms. The van der Waals surface area contributed by atoms with Gasteiger partial charge in [-0.05, 0) is 36.6 Å². The van der Waals surface area contributed by atoms with E-state index in [4.69, 9.17) is 0 Å². The van der Waals surface area contributed by atoms with Crippen LogP contribution in [0.1, 0.15) is 46.0 Å². The van der Waals surface area contributed by atoms with Gasteiger partial charge in [-0.15, -0.1) is 0 Å². The van der Waals surface area contributed by atoms with Gasteiger partial charge in [0.25, 0.3) is 5.91 Å². The van der Waals surface area contributed by atoms with Gasteiger partial charge < -0.3 is 10.6 Å². The molecule has 1 atom stereocenters. The largest absolute Gasteiger partial charge is 0.325 e. The number of anilines is 1. The van der Waals surface area contributed by atoms with Gasteiger partial charge in [-0.2, -0.15) is 0 Å². The highest BCUT2D eigenvalue weighted by Crippen LogP contribution is 2.24. The second kappa shape index (κ2) is 9.57. The van der Waals surface area contributed by atoms with Crippen LogP contribution in [-0.2, 0) is 9.59 Å². The van der Waals surface area contributed by atoms with E-state index in [1.54, 1.807) is 6.92 Å². The van der Waals surface area contributed by atoms with Crippen LogP contribution >= 0.6 is 0 Å². The van der Waals surface area contributed by atoms with Gasteiger partial charge in [0.1, 0.15) is 12.1 Å². The quantitative estimate of drug-likeness (QED) is 0.472. The summed E-state index contributed by atoms with van der Waals surface area (Å²) in [5.74, 6) is -0.736. The highest BCUT2D eigenvalue weighted by molar-refractivity contribution is 6.09. The number of carbonyl (C=O) groups excluding carboxylic acids is 3. The third kappa shape index (κ3) is 5.06. The van der Waals surface area contributed by atoms with Crippen LogP contribution in [0.25, 0.3) is 11.1 Å². The Kier molecular flexibility index (Phi) is 6.87. The van der Waals surface area contributed by atoms with E-state index in [2.05, 4.69) is 17.6 Å². The van der Waals surface area contributed by atoms with Gasteiger partial charge in [0.05, 0.1) is 0 Å². The number of nitrogens with zero attached hydrogens (tertiary/aromatic N) is 1. The summed E-state index contributed by atoms with van der Waals surface area (Å²) >= 11 is 0. The molecule has 0 radical (unpaired) electrons. The van der Waals surface area contributed by atoms with E-state index in [-0.39, 0.29) is 12.5 Å². The minimum absolute atomic E-state index is 0.296. The number of unbranched alkanes of at least 4 members (excludes halogenated alkanes) is 3. The Bertz CT molecular complexity index is 896. The third-order valence-electron chi connectivity index (χ3n) is 5.45. The zero-order valence-electron chi connectivity index (χ0n) is 17.6. The standard InChI is InChI=1S/C24H29N3O3/c1-3-4-5-9-16-24(2)22(29)27(23(30)26-24)17-21(28)25-20-14-12-19(13-15-20)18-10-7-6-8-11-18/h6-8,10-15H,3-5,9,16-17H2,1-2H3,(H,25,28)(H,26,30). The van der Waals surface area contributed by atoms with E-state index in [0.29, 0.717) is 12.1 Å². The molecule has 30 heavy (non-hydrogen) atoms. The molecule has 0 bridgehead atoms. The minimum Gasteiger partial charge on any atom is -0.325 e. The lowest BCUT2D eigenvalue weighted by Crippen LogP contribution is -2.44. The first-order chi connectivity index (χ1) is 14.4. The topological polar surface area (TPSA) is 78.5 Å². The van der Waals surface area contributed by atoms with E-state index in [1.165, 1.54) is 0 Å². The molecule has 1 saturated heterocycles. The van der Waals surface area contributed by atoms with Gasteiger partial charge in [-0.1, -0.05) is 75.1 Å². The number of rotatable bonds is 9. The predicted octanol–water partition coefficient (Wildman–Crippen LogP) is 4.57. The first kappa shape index (κ1) is 21.6. The minimum atomic E-state index is -0.928. The molecule has 1 unspecified atom stereocenters. The number of nitrogens with one attached hydrogen (secondary N) is 2. The molecule has 0 aliphatic carbocycles. The van der Waals surface area contributed by atoms with Gasteiger partial charge in [0, 0.05) is 5.69 Å². The number of urea groups is 1. The van der Waals surface area contributed by atoms with Gasteiger partial charge >= 0.3 is 6.03 Å². The van der Waals surface area contributed by atoms with Crippen LogP contribution in [0.2, 0.25) is 0 Å². The lowest BCUT2D eigenvalue weighted by Gasteiger charge is -2.21. The number of carbonyl (C=O) groups is 3. The van der Waals surface area contributed by atoms with Gasteiger partial charge in [-0.3, -0.25) is 14.5 Å². The van der Waals surface area contributed by atoms with Crippen molar-refractivity contribution in [3.8, 4) is 11.1 Å². The summed E-state index contributed by atoms with van der Waals surface area (Å²) in [6, 6.07) is 16.9. The van der Waals surface area contributed by atoms with Crippen LogP contribution in [0, 0.1) is 0 Å². The molecule has 0 saturated carbocycles. The predicted molar refractivity (Wildman–Crippen MR) is 118 cm³/mol. The molecule has 3 rings (SSSR count). The molecule has 2 aromatic rings. The van der Waals surface area contributed by atoms with Crippen molar-refractivity contribution in [3.05, 3.63) is 54.6 Å². The second-order valence-electron chi connectivity index (χ2n) is 7.96. The smallest absolute Gasteiger partial charge is 0.325 e. The van der Waals surface area contributed by atoms with Crippen LogP contribution in [0.4, 0.5) is 10.5 Å². The fourth-order valence-corrected chi connectivity index (χ4v) is 3.69. The van der Waals surface area contributed by atoms with Crippen molar-refractivity contribution in [2.75, 3.05) is 11.9 Å². The maximum absolute atomic E-state index is 12.8. The van der Waals surface area contributed by atoms with E-state index in [0.717, 1.165) is 41.7 Å². The van der Waals surface area contributed by atoms with Crippen LogP contribution in [0.5, 0.6) is 0 Å². The van der Waals surface area contributed by atoms with Crippen molar-refractivity contribution in [1.29, 1.82) is 0 Å². The fraction of sp³-hybridized carbons (Fsp3) is 0.375. The van der Waals surface area contributed by atoms with Gasteiger partial charge in [0.15, 0.2) is 0 Å². The summed E-state index contributed by atoms with van der Waals surface area (Å²) in [5, 5.41) is 5.52. The SMILES string of the molecule is CCCCCCC1(C)NC(=O)N(CC(=O)Nc2ccc(-c3ccccc3)cc2)C1=O.